The molecule has 0 saturated heterocycles. The highest BCUT2D eigenvalue weighted by molar-refractivity contribution is 6.01. The minimum Gasteiger partial charge on any atom is -0.497 e. The summed E-state index contributed by atoms with van der Waals surface area (Å²) in [6, 6.07) is 10.00. The normalized spacial score (nSPS) is 12.3. The largest absolute Gasteiger partial charge is 0.497 e. The maximum Gasteiger partial charge on any atom is 0.247 e. The number of hydrogen-bond acceptors (Lipinski definition) is 8. The Balaban J connectivity index is 1.68. The van der Waals surface area contributed by atoms with E-state index in [1.807, 2.05) is 18.0 Å². The van der Waals surface area contributed by atoms with Gasteiger partial charge < -0.3 is 29.9 Å². The van der Waals surface area contributed by atoms with Gasteiger partial charge in [0.05, 0.1) is 37.8 Å². The monoisotopic (exact) mass is 534 g/mol. The molecule has 0 unspecified atom stereocenters. The van der Waals surface area contributed by atoms with Crippen molar-refractivity contribution in [3.63, 3.8) is 0 Å². The van der Waals surface area contributed by atoms with E-state index in [0.29, 0.717) is 46.8 Å². The molecule has 2 aromatic carbocycles. The highest BCUT2D eigenvalue weighted by Gasteiger charge is 2.26. The smallest absolute Gasteiger partial charge is 0.247 e. The standard InChI is InChI=1S/C28H31FN6O4/c1-5-25(37)31-21-8-6-7-9-22(21)32-28-30-14-19(27(33-28)34(2)15-18-10-11-18)16-35(17-36)23-12-20(38-3)13-24(39-4)26(23)29/h5-9,12-14,17-18H,1,10-11,15-16H2,2-4H3,(H,31,37)(H,30,32,33). The van der Waals surface area contributed by atoms with E-state index in [2.05, 4.69) is 22.2 Å². The van der Waals surface area contributed by atoms with Gasteiger partial charge in [0.1, 0.15) is 11.6 Å². The van der Waals surface area contributed by atoms with Crippen LogP contribution in [0.1, 0.15) is 18.4 Å². The maximum atomic E-state index is 15.2. The zero-order chi connectivity index (χ0) is 27.9. The SMILES string of the molecule is C=CC(=O)Nc1ccccc1Nc1ncc(CN(C=O)c2cc(OC)cc(OC)c2F)c(N(C)CC2CC2)n1. The molecule has 0 radical (unpaired) electrons. The fourth-order valence-corrected chi connectivity index (χ4v) is 4.08. The third-order valence-electron chi connectivity index (χ3n) is 6.28. The molecule has 39 heavy (non-hydrogen) atoms. The predicted molar refractivity (Wildman–Crippen MR) is 148 cm³/mol. The molecule has 0 atom stereocenters. The summed E-state index contributed by atoms with van der Waals surface area (Å²) >= 11 is 0. The fraction of sp³-hybridized carbons (Fsp3) is 0.286. The highest BCUT2D eigenvalue weighted by Crippen LogP contribution is 2.35. The van der Waals surface area contributed by atoms with E-state index in [1.165, 1.54) is 37.3 Å². The Morgan fingerprint density at radius 3 is 2.59 bits per heavy atom. The zero-order valence-electron chi connectivity index (χ0n) is 22.1. The molecule has 2 N–H and O–H groups in total. The summed E-state index contributed by atoms with van der Waals surface area (Å²) in [6.07, 6.45) is 5.62. The molecule has 1 aliphatic carbocycles. The summed E-state index contributed by atoms with van der Waals surface area (Å²) in [4.78, 5) is 36.5. The van der Waals surface area contributed by atoms with Gasteiger partial charge >= 0.3 is 0 Å². The van der Waals surface area contributed by atoms with Crippen molar-refractivity contribution in [3.05, 3.63) is 66.6 Å². The maximum absolute atomic E-state index is 15.2. The number of halogens is 1. The molecular formula is C28H31FN6O4. The third kappa shape index (κ3) is 6.61. The number of aromatic nitrogens is 2. The fourth-order valence-electron chi connectivity index (χ4n) is 4.08. The van der Waals surface area contributed by atoms with Gasteiger partial charge in [-0.1, -0.05) is 18.7 Å². The number of benzene rings is 2. The van der Waals surface area contributed by atoms with Crippen LogP contribution in [0.5, 0.6) is 11.5 Å². The van der Waals surface area contributed by atoms with Crippen LogP contribution in [0.25, 0.3) is 0 Å². The minimum absolute atomic E-state index is 0.00563. The van der Waals surface area contributed by atoms with Crippen molar-refractivity contribution >= 4 is 41.1 Å². The van der Waals surface area contributed by atoms with Crippen LogP contribution in [-0.4, -0.2) is 50.1 Å². The summed E-state index contributed by atoms with van der Waals surface area (Å²) in [5, 5.41) is 5.91. The van der Waals surface area contributed by atoms with Gasteiger partial charge in [0, 0.05) is 37.5 Å². The molecule has 10 nitrogen and oxygen atoms in total. The third-order valence-corrected chi connectivity index (χ3v) is 6.28. The molecule has 1 aliphatic rings. The van der Waals surface area contributed by atoms with Crippen LogP contribution in [0.2, 0.25) is 0 Å². The summed E-state index contributed by atoms with van der Waals surface area (Å²) < 4.78 is 25.5. The molecule has 4 rings (SSSR count). The molecule has 0 aliphatic heterocycles. The summed E-state index contributed by atoms with van der Waals surface area (Å²) in [5.41, 5.74) is 1.75. The molecule has 204 valence electrons. The molecule has 0 spiro atoms. The van der Waals surface area contributed by atoms with Crippen molar-refractivity contribution in [1.82, 2.24) is 9.97 Å². The first-order chi connectivity index (χ1) is 18.9. The van der Waals surface area contributed by atoms with E-state index in [1.54, 1.807) is 24.4 Å². The summed E-state index contributed by atoms with van der Waals surface area (Å²) in [6.45, 7) is 4.27. The number of carbonyl (C=O) groups is 2. The Bertz CT molecular complexity index is 1360. The van der Waals surface area contributed by atoms with Crippen LogP contribution in [0.15, 0.2) is 55.3 Å². The van der Waals surface area contributed by atoms with E-state index >= 15 is 4.39 Å². The van der Waals surface area contributed by atoms with Crippen LogP contribution in [0.4, 0.5) is 33.2 Å². The molecule has 1 saturated carbocycles. The minimum atomic E-state index is -0.685. The summed E-state index contributed by atoms with van der Waals surface area (Å²) in [5.74, 6) is 0.722. The number of rotatable bonds is 13. The van der Waals surface area contributed by atoms with Gasteiger partial charge in [0.25, 0.3) is 0 Å². The Labute approximate surface area is 226 Å². The van der Waals surface area contributed by atoms with Crippen molar-refractivity contribution in [2.24, 2.45) is 5.92 Å². The van der Waals surface area contributed by atoms with E-state index in [-0.39, 0.29) is 23.9 Å². The van der Waals surface area contributed by atoms with Crippen LogP contribution in [0, 0.1) is 11.7 Å². The second kappa shape index (κ2) is 12.2. The van der Waals surface area contributed by atoms with Crippen molar-refractivity contribution in [3.8, 4) is 11.5 Å². The topological polar surface area (TPSA) is 109 Å². The number of hydrogen-bond donors (Lipinski definition) is 2. The predicted octanol–water partition coefficient (Wildman–Crippen LogP) is 4.51. The molecule has 1 aromatic heterocycles. The van der Waals surface area contributed by atoms with Crippen molar-refractivity contribution < 1.29 is 23.5 Å². The van der Waals surface area contributed by atoms with E-state index in [9.17, 15) is 9.59 Å². The van der Waals surface area contributed by atoms with E-state index in [0.717, 1.165) is 19.4 Å². The average molecular weight is 535 g/mol. The first-order valence-corrected chi connectivity index (χ1v) is 12.4. The number of ether oxygens (including phenoxy) is 2. The summed E-state index contributed by atoms with van der Waals surface area (Å²) in [7, 11) is 4.72. The van der Waals surface area contributed by atoms with Crippen LogP contribution in [-0.2, 0) is 16.1 Å². The number of methoxy groups -OCH3 is 2. The Morgan fingerprint density at radius 2 is 1.95 bits per heavy atom. The second-order valence-electron chi connectivity index (χ2n) is 9.13. The zero-order valence-corrected chi connectivity index (χ0v) is 22.1. The van der Waals surface area contributed by atoms with Gasteiger partial charge in [0.2, 0.25) is 18.3 Å². The van der Waals surface area contributed by atoms with Crippen molar-refractivity contribution in [2.75, 3.05) is 48.2 Å². The van der Waals surface area contributed by atoms with E-state index in [4.69, 9.17) is 14.5 Å². The van der Waals surface area contributed by atoms with Gasteiger partial charge in [-0.05, 0) is 37.0 Å². The lowest BCUT2D eigenvalue weighted by Crippen LogP contribution is -2.27. The molecule has 11 heteroatoms. The number of carbonyl (C=O) groups excluding carboxylic acids is 2. The second-order valence-corrected chi connectivity index (χ2v) is 9.13. The molecule has 0 bridgehead atoms. The molecule has 1 fully saturated rings. The average Bonchev–Trinajstić information content (AvgIpc) is 3.77. The Hall–Kier alpha value is -4.67. The van der Waals surface area contributed by atoms with Crippen molar-refractivity contribution in [2.45, 2.75) is 19.4 Å². The molecule has 3 aromatic rings. The van der Waals surface area contributed by atoms with Gasteiger partial charge in [0.15, 0.2) is 11.6 Å². The molecule has 2 amide bonds. The lowest BCUT2D eigenvalue weighted by atomic mass is 10.2. The number of para-hydroxylation sites is 2. The van der Waals surface area contributed by atoms with Crippen molar-refractivity contribution in [1.29, 1.82) is 0 Å². The van der Waals surface area contributed by atoms with Gasteiger partial charge in [-0.3, -0.25) is 9.59 Å². The first kappa shape index (κ1) is 27.4. The number of nitrogens with zero attached hydrogens (tertiary/aromatic N) is 4. The number of nitrogens with one attached hydrogen (secondary N) is 2. The Kier molecular flexibility index (Phi) is 8.60. The number of anilines is 5. The quantitative estimate of drug-likeness (QED) is 0.244. The lowest BCUT2D eigenvalue weighted by Gasteiger charge is -2.25. The van der Waals surface area contributed by atoms with E-state index < -0.39 is 5.82 Å². The lowest BCUT2D eigenvalue weighted by molar-refractivity contribution is -0.112. The van der Waals surface area contributed by atoms with Gasteiger partial charge in [-0.2, -0.15) is 4.98 Å². The highest BCUT2D eigenvalue weighted by atomic mass is 19.1. The van der Waals surface area contributed by atoms with Gasteiger partial charge in [-0.25, -0.2) is 9.37 Å². The Morgan fingerprint density at radius 1 is 1.21 bits per heavy atom. The van der Waals surface area contributed by atoms with Crippen LogP contribution in [0.3, 0.4) is 0 Å². The van der Waals surface area contributed by atoms with Gasteiger partial charge in [-0.15, -0.1) is 0 Å². The van der Waals surface area contributed by atoms with Crippen LogP contribution < -0.4 is 29.9 Å². The molecular weight excluding hydrogens is 503 g/mol. The van der Waals surface area contributed by atoms with Crippen LogP contribution >= 0.6 is 0 Å². The molecule has 1 heterocycles. The number of amides is 2. The first-order valence-electron chi connectivity index (χ1n) is 12.4.